The van der Waals surface area contributed by atoms with E-state index in [4.69, 9.17) is 17.3 Å². The Morgan fingerprint density at radius 2 is 2.00 bits per heavy atom. The van der Waals surface area contributed by atoms with Crippen molar-refractivity contribution in [3.8, 4) is 0 Å². The van der Waals surface area contributed by atoms with E-state index in [1.807, 2.05) is 16.5 Å². The van der Waals surface area contributed by atoms with Crippen LogP contribution in [0.3, 0.4) is 0 Å². The normalized spacial score (nSPS) is 19.8. The van der Waals surface area contributed by atoms with E-state index in [2.05, 4.69) is 4.98 Å². The number of hydrogen-bond donors (Lipinski definition) is 1. The van der Waals surface area contributed by atoms with Crippen molar-refractivity contribution in [3.63, 3.8) is 0 Å². The fourth-order valence-electron chi connectivity index (χ4n) is 2.57. The number of nitrogen functional groups attached to an aromatic ring is 1. The van der Waals surface area contributed by atoms with Crippen LogP contribution in [0, 0.1) is 0 Å². The molecule has 3 heterocycles. The van der Waals surface area contributed by atoms with Crippen LogP contribution in [0.5, 0.6) is 0 Å². The molecule has 3 rings (SSSR count). The maximum atomic E-state index is 11.5. The predicted molar refractivity (Wildman–Crippen MR) is 75.2 cm³/mol. The van der Waals surface area contributed by atoms with Gasteiger partial charge < -0.3 is 5.73 Å². The van der Waals surface area contributed by atoms with Crippen molar-refractivity contribution in [2.75, 3.05) is 17.2 Å². The molecule has 0 saturated carbocycles. The minimum absolute atomic E-state index is 0.0909. The monoisotopic (exact) mass is 299 g/mol. The van der Waals surface area contributed by atoms with E-state index in [0.717, 1.165) is 11.3 Å². The largest absolute Gasteiger partial charge is 0.385 e. The SMILES string of the molecule is Nc1cccc2c(Cl)nc(C3CCS(=O)(=O)CC3)n12. The maximum Gasteiger partial charge on any atom is 0.155 e. The molecule has 1 aliphatic rings. The lowest BCUT2D eigenvalue weighted by Crippen LogP contribution is -2.23. The van der Waals surface area contributed by atoms with Gasteiger partial charge in [-0.15, -0.1) is 0 Å². The molecule has 1 fully saturated rings. The highest BCUT2D eigenvalue weighted by atomic mass is 35.5. The molecule has 0 aromatic carbocycles. The molecule has 7 heteroatoms. The molecule has 0 aliphatic carbocycles. The van der Waals surface area contributed by atoms with Crippen LogP contribution in [0.25, 0.3) is 5.52 Å². The quantitative estimate of drug-likeness (QED) is 0.872. The molecular weight excluding hydrogens is 286 g/mol. The molecular formula is C12H14ClN3O2S. The second-order valence-corrected chi connectivity index (χ2v) is 7.52. The number of anilines is 1. The van der Waals surface area contributed by atoms with Crippen molar-refractivity contribution in [2.24, 2.45) is 0 Å². The van der Waals surface area contributed by atoms with Gasteiger partial charge in [-0.05, 0) is 25.0 Å². The van der Waals surface area contributed by atoms with Gasteiger partial charge >= 0.3 is 0 Å². The Kier molecular flexibility index (Phi) is 2.94. The molecule has 2 aromatic rings. The second kappa shape index (κ2) is 4.38. The minimum Gasteiger partial charge on any atom is -0.385 e. The Bertz CT molecular complexity index is 725. The first kappa shape index (κ1) is 12.7. The molecule has 0 amide bonds. The van der Waals surface area contributed by atoms with Gasteiger partial charge in [-0.25, -0.2) is 13.4 Å². The molecule has 0 spiro atoms. The van der Waals surface area contributed by atoms with Crippen molar-refractivity contribution in [1.82, 2.24) is 9.38 Å². The van der Waals surface area contributed by atoms with Crippen LogP contribution in [0.2, 0.25) is 5.15 Å². The Hall–Kier alpha value is -1.27. The summed E-state index contributed by atoms with van der Waals surface area (Å²) >= 11 is 6.12. The van der Waals surface area contributed by atoms with Crippen molar-refractivity contribution in [2.45, 2.75) is 18.8 Å². The first-order valence-corrected chi connectivity index (χ1v) is 8.30. The van der Waals surface area contributed by atoms with E-state index in [9.17, 15) is 8.42 Å². The summed E-state index contributed by atoms with van der Waals surface area (Å²) in [5, 5.41) is 0.413. The van der Waals surface area contributed by atoms with E-state index >= 15 is 0 Å². The van der Waals surface area contributed by atoms with Crippen molar-refractivity contribution >= 4 is 32.8 Å². The Balaban J connectivity index is 2.07. The lowest BCUT2D eigenvalue weighted by molar-refractivity contribution is 0.536. The number of hydrogen-bond acceptors (Lipinski definition) is 4. The molecule has 0 atom stereocenters. The van der Waals surface area contributed by atoms with Gasteiger partial charge in [-0.1, -0.05) is 17.7 Å². The number of nitrogens with two attached hydrogens (primary N) is 1. The van der Waals surface area contributed by atoms with Crippen molar-refractivity contribution in [3.05, 3.63) is 29.2 Å². The first-order chi connectivity index (χ1) is 8.98. The van der Waals surface area contributed by atoms with Crippen molar-refractivity contribution in [1.29, 1.82) is 0 Å². The van der Waals surface area contributed by atoms with Gasteiger partial charge in [0, 0.05) is 5.92 Å². The molecule has 5 nitrogen and oxygen atoms in total. The lowest BCUT2D eigenvalue weighted by Gasteiger charge is -2.21. The van der Waals surface area contributed by atoms with E-state index in [1.165, 1.54) is 0 Å². The number of sulfone groups is 1. The second-order valence-electron chi connectivity index (χ2n) is 4.86. The standard InChI is InChI=1S/C12H14ClN3O2S/c13-11-9-2-1-3-10(14)16(9)12(15-11)8-4-6-19(17,18)7-5-8/h1-3,8H,4-7,14H2. The van der Waals surface area contributed by atoms with Crippen LogP contribution in [-0.2, 0) is 9.84 Å². The summed E-state index contributed by atoms with van der Waals surface area (Å²) < 4.78 is 24.8. The number of nitrogens with zero attached hydrogens (tertiary/aromatic N) is 2. The fraction of sp³-hybridized carbons (Fsp3) is 0.417. The number of fused-ring (bicyclic) bond motifs is 1. The van der Waals surface area contributed by atoms with Gasteiger partial charge in [0.15, 0.2) is 5.15 Å². The molecule has 102 valence electrons. The molecule has 2 aromatic heterocycles. The summed E-state index contributed by atoms with van der Waals surface area (Å²) in [6, 6.07) is 5.47. The molecule has 19 heavy (non-hydrogen) atoms. The van der Waals surface area contributed by atoms with Gasteiger partial charge in [0.05, 0.1) is 17.0 Å². The highest BCUT2D eigenvalue weighted by Crippen LogP contribution is 2.32. The number of rotatable bonds is 1. The van der Waals surface area contributed by atoms with E-state index < -0.39 is 9.84 Å². The van der Waals surface area contributed by atoms with Crippen LogP contribution >= 0.6 is 11.6 Å². The van der Waals surface area contributed by atoms with Crippen LogP contribution < -0.4 is 5.73 Å². The Morgan fingerprint density at radius 1 is 1.32 bits per heavy atom. The zero-order valence-corrected chi connectivity index (χ0v) is 11.8. The summed E-state index contributed by atoms with van der Waals surface area (Å²) in [6.45, 7) is 0. The Labute approximate surface area is 116 Å². The summed E-state index contributed by atoms with van der Waals surface area (Å²) in [6.07, 6.45) is 1.15. The molecule has 1 aliphatic heterocycles. The van der Waals surface area contributed by atoms with Gasteiger partial charge in [0.2, 0.25) is 0 Å². The van der Waals surface area contributed by atoms with Crippen LogP contribution in [0.1, 0.15) is 24.6 Å². The Morgan fingerprint density at radius 3 is 2.68 bits per heavy atom. The number of aromatic nitrogens is 2. The first-order valence-electron chi connectivity index (χ1n) is 6.11. The maximum absolute atomic E-state index is 11.5. The molecule has 1 saturated heterocycles. The third-order valence-corrected chi connectivity index (χ3v) is 5.59. The number of imidazole rings is 1. The van der Waals surface area contributed by atoms with Gasteiger partial charge in [0.1, 0.15) is 21.5 Å². The average Bonchev–Trinajstić information content (AvgIpc) is 2.69. The molecule has 0 unspecified atom stereocenters. The third kappa shape index (κ3) is 2.19. The summed E-state index contributed by atoms with van der Waals surface area (Å²) in [4.78, 5) is 4.38. The highest BCUT2D eigenvalue weighted by molar-refractivity contribution is 7.91. The zero-order chi connectivity index (χ0) is 13.6. The average molecular weight is 300 g/mol. The topological polar surface area (TPSA) is 77.5 Å². The summed E-state index contributed by atoms with van der Waals surface area (Å²) in [7, 11) is -2.88. The smallest absolute Gasteiger partial charge is 0.155 e. The predicted octanol–water partition coefficient (Wildman–Crippen LogP) is 1.86. The number of halogens is 1. The van der Waals surface area contributed by atoms with Gasteiger partial charge in [-0.3, -0.25) is 4.40 Å². The lowest BCUT2D eigenvalue weighted by atomic mass is 10.0. The zero-order valence-electron chi connectivity index (χ0n) is 10.2. The van der Waals surface area contributed by atoms with E-state index in [1.54, 1.807) is 6.07 Å². The fourth-order valence-corrected chi connectivity index (χ4v) is 4.30. The minimum atomic E-state index is -2.88. The molecule has 0 radical (unpaired) electrons. The van der Waals surface area contributed by atoms with Crippen molar-refractivity contribution < 1.29 is 8.42 Å². The third-order valence-electron chi connectivity index (χ3n) is 3.59. The van der Waals surface area contributed by atoms with Crippen LogP contribution in [0.15, 0.2) is 18.2 Å². The van der Waals surface area contributed by atoms with Crippen LogP contribution in [0.4, 0.5) is 5.82 Å². The summed E-state index contributed by atoms with van der Waals surface area (Å²) in [5.74, 6) is 1.84. The van der Waals surface area contributed by atoms with Gasteiger partial charge in [-0.2, -0.15) is 0 Å². The molecule has 2 N–H and O–H groups in total. The van der Waals surface area contributed by atoms with E-state index in [0.29, 0.717) is 23.8 Å². The summed E-state index contributed by atoms with van der Waals surface area (Å²) in [5.41, 5.74) is 6.74. The molecule has 0 bridgehead atoms. The van der Waals surface area contributed by atoms with Crippen LogP contribution in [-0.4, -0.2) is 29.3 Å². The highest BCUT2D eigenvalue weighted by Gasteiger charge is 2.28. The number of pyridine rings is 1. The van der Waals surface area contributed by atoms with Gasteiger partial charge in [0.25, 0.3) is 0 Å². The van der Waals surface area contributed by atoms with E-state index in [-0.39, 0.29) is 17.4 Å².